The van der Waals surface area contributed by atoms with E-state index >= 15 is 0 Å². The second-order valence-corrected chi connectivity index (χ2v) is 4.70. The second-order valence-electron chi connectivity index (χ2n) is 3.62. The summed E-state index contributed by atoms with van der Waals surface area (Å²) < 4.78 is 13.9. The highest BCUT2D eigenvalue weighted by Gasteiger charge is 2.08. The van der Waals surface area contributed by atoms with Crippen molar-refractivity contribution in [1.29, 1.82) is 5.26 Å². The summed E-state index contributed by atoms with van der Waals surface area (Å²) in [5.74, 6) is -0.246. The fourth-order valence-electron chi connectivity index (χ4n) is 1.62. The number of nitrogens with one attached hydrogen (secondary N) is 1. The molecule has 1 aromatic carbocycles. The maximum atomic E-state index is 13.9. The number of rotatable bonds is 3. The third kappa shape index (κ3) is 2.52. The van der Waals surface area contributed by atoms with Gasteiger partial charge in [-0.3, -0.25) is 0 Å². The smallest absolute Gasteiger partial charge is 0.132 e. The van der Waals surface area contributed by atoms with E-state index < -0.39 is 0 Å². The Labute approximate surface area is 103 Å². The molecule has 0 saturated heterocycles. The van der Waals surface area contributed by atoms with E-state index in [0.29, 0.717) is 17.0 Å². The van der Waals surface area contributed by atoms with Gasteiger partial charge in [0.05, 0.1) is 0 Å². The first-order chi connectivity index (χ1) is 8.24. The summed E-state index contributed by atoms with van der Waals surface area (Å²) in [7, 11) is 1.82. The molecule has 0 unspecified atom stereocenters. The third-order valence-electron chi connectivity index (χ3n) is 2.40. The fraction of sp³-hybridized carbons (Fsp3) is 0.154. The van der Waals surface area contributed by atoms with Crippen molar-refractivity contribution < 1.29 is 4.39 Å². The number of benzene rings is 1. The van der Waals surface area contributed by atoms with Crippen LogP contribution in [0, 0.1) is 17.1 Å². The highest BCUT2D eigenvalue weighted by atomic mass is 32.1. The first kappa shape index (κ1) is 11.8. The van der Waals surface area contributed by atoms with Crippen LogP contribution in [0.1, 0.15) is 10.4 Å². The number of hydrogen-bond donors (Lipinski definition) is 1. The van der Waals surface area contributed by atoms with Crippen molar-refractivity contribution >= 4 is 11.3 Å². The van der Waals surface area contributed by atoms with Crippen molar-refractivity contribution in [3.8, 4) is 16.5 Å². The van der Waals surface area contributed by atoms with Gasteiger partial charge in [0, 0.05) is 17.0 Å². The van der Waals surface area contributed by atoms with Gasteiger partial charge in [-0.2, -0.15) is 5.26 Å². The molecule has 1 aromatic heterocycles. The van der Waals surface area contributed by atoms with Gasteiger partial charge in [-0.25, -0.2) is 4.39 Å². The van der Waals surface area contributed by atoms with Gasteiger partial charge in [0.1, 0.15) is 16.8 Å². The molecular formula is C13H11FN2S. The van der Waals surface area contributed by atoms with Crippen LogP contribution in [0.2, 0.25) is 0 Å². The molecule has 0 aliphatic carbocycles. The van der Waals surface area contributed by atoms with E-state index in [1.807, 2.05) is 13.1 Å². The van der Waals surface area contributed by atoms with Crippen LogP contribution in [-0.2, 0) is 6.54 Å². The minimum atomic E-state index is -0.246. The van der Waals surface area contributed by atoms with E-state index in [-0.39, 0.29) is 5.82 Å². The number of thiophene rings is 1. The highest BCUT2D eigenvalue weighted by molar-refractivity contribution is 7.16. The van der Waals surface area contributed by atoms with Crippen molar-refractivity contribution in [2.24, 2.45) is 0 Å². The first-order valence-corrected chi connectivity index (χ1v) is 5.99. The number of halogens is 1. The molecule has 0 aliphatic heterocycles. The molecule has 2 aromatic rings. The maximum absolute atomic E-state index is 13.9. The Kier molecular flexibility index (Phi) is 3.52. The average molecular weight is 246 g/mol. The molecule has 0 saturated carbocycles. The molecule has 0 bridgehead atoms. The molecule has 1 heterocycles. The molecule has 86 valence electrons. The van der Waals surface area contributed by atoms with Gasteiger partial charge in [-0.05, 0) is 30.8 Å². The molecule has 1 N–H and O–H groups in total. The summed E-state index contributed by atoms with van der Waals surface area (Å²) in [5, 5.41) is 11.7. The van der Waals surface area contributed by atoms with E-state index in [1.165, 1.54) is 17.4 Å². The predicted octanol–water partition coefficient (Wildman–Crippen LogP) is 3.15. The number of nitrogens with zero attached hydrogens (tertiary/aromatic N) is 1. The van der Waals surface area contributed by atoms with Gasteiger partial charge in [0.15, 0.2) is 0 Å². The fourth-order valence-corrected chi connectivity index (χ4v) is 2.45. The third-order valence-corrected chi connectivity index (χ3v) is 3.42. The van der Waals surface area contributed by atoms with Crippen molar-refractivity contribution in [3.63, 3.8) is 0 Å². The Morgan fingerprint density at radius 1 is 1.35 bits per heavy atom. The van der Waals surface area contributed by atoms with Crippen molar-refractivity contribution in [1.82, 2.24) is 5.32 Å². The Hall–Kier alpha value is -1.70. The van der Waals surface area contributed by atoms with Gasteiger partial charge < -0.3 is 5.32 Å². The first-order valence-electron chi connectivity index (χ1n) is 5.18. The Bertz CT molecular complexity index is 569. The molecule has 2 nitrogen and oxygen atoms in total. The van der Waals surface area contributed by atoms with E-state index in [1.54, 1.807) is 18.2 Å². The molecule has 0 atom stereocenters. The van der Waals surface area contributed by atoms with Gasteiger partial charge in [0.25, 0.3) is 0 Å². The van der Waals surface area contributed by atoms with Crippen LogP contribution in [0.4, 0.5) is 4.39 Å². The molecule has 2 rings (SSSR count). The normalized spacial score (nSPS) is 10.2. The largest absolute Gasteiger partial charge is 0.316 e. The lowest BCUT2D eigenvalue weighted by molar-refractivity contribution is 0.627. The van der Waals surface area contributed by atoms with Crippen molar-refractivity contribution in [2.45, 2.75) is 6.54 Å². The second kappa shape index (κ2) is 5.09. The average Bonchev–Trinajstić information content (AvgIpc) is 2.78. The summed E-state index contributed by atoms with van der Waals surface area (Å²) in [4.78, 5) is 1.38. The van der Waals surface area contributed by atoms with Crippen LogP contribution in [0.3, 0.4) is 0 Å². The predicted molar refractivity (Wildman–Crippen MR) is 67.2 cm³/mol. The van der Waals surface area contributed by atoms with Crippen molar-refractivity contribution in [2.75, 3.05) is 7.05 Å². The van der Waals surface area contributed by atoms with E-state index in [2.05, 4.69) is 11.4 Å². The SMILES string of the molecule is CNCc1ccc(-c2ccc(C#N)s2)c(F)c1. The molecule has 0 radical (unpaired) electrons. The molecule has 17 heavy (non-hydrogen) atoms. The topological polar surface area (TPSA) is 35.8 Å². The quantitative estimate of drug-likeness (QED) is 0.903. The van der Waals surface area contributed by atoms with Crippen LogP contribution < -0.4 is 5.32 Å². The Morgan fingerprint density at radius 2 is 2.18 bits per heavy atom. The minimum absolute atomic E-state index is 0.246. The maximum Gasteiger partial charge on any atom is 0.132 e. The lowest BCUT2D eigenvalue weighted by Crippen LogP contribution is -2.05. The van der Waals surface area contributed by atoms with Gasteiger partial charge in [-0.15, -0.1) is 11.3 Å². The molecular weight excluding hydrogens is 235 g/mol. The van der Waals surface area contributed by atoms with Crippen LogP contribution >= 0.6 is 11.3 Å². The van der Waals surface area contributed by atoms with Gasteiger partial charge in [-0.1, -0.05) is 12.1 Å². The minimum Gasteiger partial charge on any atom is -0.316 e. The van der Waals surface area contributed by atoms with Crippen LogP contribution in [0.15, 0.2) is 30.3 Å². The summed E-state index contributed by atoms with van der Waals surface area (Å²) in [6.45, 7) is 0.644. The molecule has 0 amide bonds. The highest BCUT2D eigenvalue weighted by Crippen LogP contribution is 2.30. The molecule has 0 aliphatic rings. The van der Waals surface area contributed by atoms with Crippen LogP contribution in [-0.4, -0.2) is 7.05 Å². The van der Waals surface area contributed by atoms with Crippen LogP contribution in [0.5, 0.6) is 0 Å². The number of nitriles is 1. The molecule has 4 heteroatoms. The lowest BCUT2D eigenvalue weighted by atomic mass is 10.1. The Morgan fingerprint density at radius 3 is 2.76 bits per heavy atom. The van der Waals surface area contributed by atoms with E-state index in [0.717, 1.165) is 10.4 Å². The summed E-state index contributed by atoms with van der Waals surface area (Å²) in [6, 6.07) is 10.7. The summed E-state index contributed by atoms with van der Waals surface area (Å²) >= 11 is 1.30. The monoisotopic (exact) mass is 246 g/mol. The van der Waals surface area contributed by atoms with Crippen molar-refractivity contribution in [3.05, 3.63) is 46.6 Å². The Balaban J connectivity index is 2.36. The zero-order valence-corrected chi connectivity index (χ0v) is 10.1. The number of hydrogen-bond acceptors (Lipinski definition) is 3. The zero-order chi connectivity index (χ0) is 12.3. The summed E-state index contributed by atoms with van der Waals surface area (Å²) in [5.41, 5.74) is 1.46. The summed E-state index contributed by atoms with van der Waals surface area (Å²) in [6.07, 6.45) is 0. The lowest BCUT2D eigenvalue weighted by Gasteiger charge is -2.04. The zero-order valence-electron chi connectivity index (χ0n) is 9.33. The van der Waals surface area contributed by atoms with E-state index in [4.69, 9.17) is 5.26 Å². The van der Waals surface area contributed by atoms with Crippen LogP contribution in [0.25, 0.3) is 10.4 Å². The molecule has 0 fully saturated rings. The van der Waals surface area contributed by atoms with Gasteiger partial charge >= 0.3 is 0 Å². The van der Waals surface area contributed by atoms with E-state index in [9.17, 15) is 4.39 Å². The van der Waals surface area contributed by atoms with Gasteiger partial charge in [0.2, 0.25) is 0 Å². The standard InChI is InChI=1S/C13H11FN2S/c1-16-8-9-2-4-11(12(14)6-9)13-5-3-10(7-15)17-13/h2-6,16H,8H2,1H3. The molecule has 0 spiro atoms.